The number of carbonyl (C=O) groups excluding carboxylic acids is 1. The second-order valence-corrected chi connectivity index (χ2v) is 7.88. The molecule has 0 saturated heterocycles. The van der Waals surface area contributed by atoms with E-state index in [2.05, 4.69) is 25.6 Å². The number of benzene rings is 1. The third-order valence-corrected chi connectivity index (χ3v) is 5.53. The van der Waals surface area contributed by atoms with E-state index < -0.39 is 29.8 Å². The number of rotatable bonds is 6. The van der Waals surface area contributed by atoms with Gasteiger partial charge in [-0.3, -0.25) is 9.79 Å². The number of aromatic nitrogens is 2. The summed E-state index contributed by atoms with van der Waals surface area (Å²) in [6, 6.07) is 2.75. The maximum Gasteiger partial charge on any atom is 0.270 e. The van der Waals surface area contributed by atoms with Gasteiger partial charge in [0, 0.05) is 6.92 Å². The summed E-state index contributed by atoms with van der Waals surface area (Å²) in [5.74, 6) is -4.54. The molecule has 164 valence electrons. The largest absolute Gasteiger partial charge is 0.391 e. The van der Waals surface area contributed by atoms with E-state index in [4.69, 9.17) is 0 Å². The van der Waals surface area contributed by atoms with E-state index in [1.165, 1.54) is 18.5 Å². The number of aliphatic imine (C=N–C) groups is 1. The average Bonchev–Trinajstić information content (AvgIpc) is 3.32. The second kappa shape index (κ2) is 8.26. The van der Waals surface area contributed by atoms with Crippen molar-refractivity contribution in [2.24, 2.45) is 4.99 Å². The van der Waals surface area contributed by atoms with Gasteiger partial charge in [-0.1, -0.05) is 12.1 Å². The van der Waals surface area contributed by atoms with Gasteiger partial charge in [-0.2, -0.15) is 0 Å². The molecule has 0 bridgehead atoms. The molecule has 1 aliphatic carbocycles. The molecule has 1 aromatic carbocycles. The number of nitrogens with one attached hydrogen (secondary N) is 2. The minimum atomic E-state index is -3.35. The van der Waals surface area contributed by atoms with Crippen LogP contribution in [0.1, 0.15) is 49.0 Å². The summed E-state index contributed by atoms with van der Waals surface area (Å²) in [5, 5.41) is 15.5. The van der Waals surface area contributed by atoms with Crippen molar-refractivity contribution in [1.29, 1.82) is 0 Å². The molecule has 1 amide bonds. The smallest absolute Gasteiger partial charge is 0.270 e. The number of halogens is 3. The normalized spacial score (nSPS) is 21.4. The molecule has 10 heteroatoms. The first-order valence-electron chi connectivity index (χ1n) is 10.0. The lowest BCUT2D eigenvalue weighted by atomic mass is 10.0. The summed E-state index contributed by atoms with van der Waals surface area (Å²) < 4.78 is 42.2. The van der Waals surface area contributed by atoms with Gasteiger partial charge in [0.25, 0.3) is 11.8 Å². The monoisotopic (exact) mass is 433 g/mol. The molecule has 1 fully saturated rings. The van der Waals surface area contributed by atoms with Crippen molar-refractivity contribution in [1.82, 2.24) is 15.3 Å². The van der Waals surface area contributed by atoms with Gasteiger partial charge in [0.15, 0.2) is 0 Å². The zero-order valence-electron chi connectivity index (χ0n) is 16.8. The Kier molecular flexibility index (Phi) is 5.65. The Morgan fingerprint density at radius 2 is 2.10 bits per heavy atom. The Bertz CT molecular complexity index is 1020. The van der Waals surface area contributed by atoms with Gasteiger partial charge in [0.05, 0.1) is 29.9 Å². The molecule has 2 aromatic rings. The molecule has 0 radical (unpaired) electrons. The van der Waals surface area contributed by atoms with Gasteiger partial charge >= 0.3 is 0 Å². The molecule has 3 atom stereocenters. The van der Waals surface area contributed by atoms with Crippen LogP contribution in [0.5, 0.6) is 0 Å². The maximum absolute atomic E-state index is 14.3. The average molecular weight is 433 g/mol. The zero-order valence-corrected chi connectivity index (χ0v) is 16.8. The Hall–Kier alpha value is -3.01. The number of hydrogen-bond acceptors (Lipinski definition) is 6. The Morgan fingerprint density at radius 1 is 1.29 bits per heavy atom. The molecule has 1 aliphatic heterocycles. The van der Waals surface area contributed by atoms with Gasteiger partial charge in [-0.05, 0) is 37.0 Å². The van der Waals surface area contributed by atoms with Crippen LogP contribution in [0.15, 0.2) is 35.6 Å². The Labute approximate surface area is 176 Å². The molecule has 31 heavy (non-hydrogen) atoms. The molecule has 0 unspecified atom stereocenters. The number of fused-ring (bicyclic) bond motifs is 1. The number of nitrogens with zero attached hydrogens (tertiary/aromatic N) is 3. The molecular weight excluding hydrogens is 411 g/mol. The van der Waals surface area contributed by atoms with E-state index in [1.807, 2.05) is 0 Å². The number of aliphatic hydroxyl groups is 1. The SMILES string of the molecule is CC(F)(F)[C@H](NC(=O)C1=NCc2ncnc(N[C@@H]3CCC[C@H]3O)c21)c1cccc(F)c1. The summed E-state index contributed by atoms with van der Waals surface area (Å²) in [5.41, 5.74) is 0.685. The molecular formula is C21H22F3N5O2. The third-order valence-electron chi connectivity index (χ3n) is 5.53. The van der Waals surface area contributed by atoms with Crippen molar-refractivity contribution in [3.8, 4) is 0 Å². The van der Waals surface area contributed by atoms with Crippen LogP contribution in [0.2, 0.25) is 0 Å². The van der Waals surface area contributed by atoms with Gasteiger partial charge in [-0.25, -0.2) is 23.1 Å². The van der Waals surface area contributed by atoms with Gasteiger partial charge in [0.1, 0.15) is 29.7 Å². The van der Waals surface area contributed by atoms with Crippen LogP contribution in [0.3, 0.4) is 0 Å². The van der Waals surface area contributed by atoms with Crippen LogP contribution in [-0.2, 0) is 11.3 Å². The van der Waals surface area contributed by atoms with Crippen molar-refractivity contribution in [3.05, 3.63) is 53.2 Å². The van der Waals surface area contributed by atoms with Crippen molar-refractivity contribution in [2.45, 2.75) is 56.8 Å². The van der Waals surface area contributed by atoms with Crippen molar-refractivity contribution in [2.75, 3.05) is 5.32 Å². The lowest BCUT2D eigenvalue weighted by molar-refractivity contribution is -0.118. The van der Waals surface area contributed by atoms with Crippen LogP contribution in [0, 0.1) is 5.82 Å². The highest BCUT2D eigenvalue weighted by molar-refractivity contribution is 6.47. The van der Waals surface area contributed by atoms with Crippen molar-refractivity contribution < 1.29 is 23.1 Å². The van der Waals surface area contributed by atoms with E-state index in [9.17, 15) is 23.1 Å². The predicted molar refractivity (Wildman–Crippen MR) is 107 cm³/mol. The number of alkyl halides is 2. The van der Waals surface area contributed by atoms with Gasteiger partial charge in [0.2, 0.25) is 0 Å². The van der Waals surface area contributed by atoms with E-state index in [-0.39, 0.29) is 23.9 Å². The molecule has 2 heterocycles. The molecule has 2 aliphatic rings. The molecule has 0 spiro atoms. The van der Waals surface area contributed by atoms with Crippen LogP contribution >= 0.6 is 0 Å². The number of aliphatic hydroxyl groups excluding tert-OH is 1. The summed E-state index contributed by atoms with van der Waals surface area (Å²) in [7, 11) is 0. The molecule has 3 N–H and O–H groups in total. The minimum absolute atomic E-state index is 0.0589. The Balaban J connectivity index is 1.61. The fraction of sp³-hybridized carbons (Fsp3) is 0.429. The van der Waals surface area contributed by atoms with Crippen LogP contribution < -0.4 is 10.6 Å². The second-order valence-electron chi connectivity index (χ2n) is 7.88. The highest BCUT2D eigenvalue weighted by atomic mass is 19.3. The van der Waals surface area contributed by atoms with Crippen molar-refractivity contribution >= 4 is 17.4 Å². The summed E-state index contributed by atoms with van der Waals surface area (Å²) in [6.45, 7) is 0.764. The van der Waals surface area contributed by atoms with Crippen LogP contribution in [0.25, 0.3) is 0 Å². The number of anilines is 1. The number of amides is 1. The number of hydrogen-bond donors (Lipinski definition) is 3. The van der Waals surface area contributed by atoms with Crippen molar-refractivity contribution in [3.63, 3.8) is 0 Å². The molecule has 1 aromatic heterocycles. The fourth-order valence-electron chi connectivity index (χ4n) is 3.99. The first kappa shape index (κ1) is 21.2. The van der Waals surface area contributed by atoms with E-state index in [1.54, 1.807) is 0 Å². The summed E-state index contributed by atoms with van der Waals surface area (Å²) in [6.07, 6.45) is 3.04. The molecule has 1 saturated carbocycles. The van der Waals surface area contributed by atoms with Gasteiger partial charge in [-0.15, -0.1) is 0 Å². The first-order valence-corrected chi connectivity index (χ1v) is 10.0. The van der Waals surface area contributed by atoms with E-state index >= 15 is 0 Å². The molecule has 7 nitrogen and oxygen atoms in total. The summed E-state index contributed by atoms with van der Waals surface area (Å²) >= 11 is 0. The van der Waals surface area contributed by atoms with Crippen LogP contribution in [0.4, 0.5) is 19.0 Å². The van der Waals surface area contributed by atoms with E-state index in [0.717, 1.165) is 25.0 Å². The highest BCUT2D eigenvalue weighted by Crippen LogP contribution is 2.32. The van der Waals surface area contributed by atoms with E-state index in [0.29, 0.717) is 30.4 Å². The predicted octanol–water partition coefficient (Wildman–Crippen LogP) is 2.76. The quantitative estimate of drug-likeness (QED) is 0.651. The summed E-state index contributed by atoms with van der Waals surface area (Å²) in [4.78, 5) is 25.5. The Morgan fingerprint density at radius 3 is 2.77 bits per heavy atom. The topological polar surface area (TPSA) is 99.5 Å². The first-order chi connectivity index (χ1) is 14.7. The van der Waals surface area contributed by atoms with Gasteiger partial charge < -0.3 is 15.7 Å². The van der Waals surface area contributed by atoms with Crippen LogP contribution in [-0.4, -0.2) is 44.8 Å². The minimum Gasteiger partial charge on any atom is -0.391 e. The standard InChI is InChI=1S/C21H22F3N5O2/c1-21(23,24)18(11-4-2-5-12(22)8-11)29-20(31)17-16-14(9-25-17)26-10-27-19(16)28-13-6-3-7-15(13)30/h2,4-5,8,10,13,15,18,30H,3,6-7,9H2,1H3,(H,29,31)(H,26,27,28)/t13-,15-,18-/m1/s1. The third kappa shape index (κ3) is 4.39. The lowest BCUT2D eigenvalue weighted by Crippen LogP contribution is -2.42. The highest BCUT2D eigenvalue weighted by Gasteiger charge is 2.39. The number of carbonyl (C=O) groups is 1. The fourth-order valence-corrected chi connectivity index (χ4v) is 3.99. The maximum atomic E-state index is 14.3. The lowest BCUT2D eigenvalue weighted by Gasteiger charge is -2.25. The zero-order chi connectivity index (χ0) is 22.2. The molecule has 4 rings (SSSR count).